The van der Waals surface area contributed by atoms with Crippen LogP contribution >= 0.6 is 0 Å². The van der Waals surface area contributed by atoms with E-state index in [1.165, 1.54) is 5.56 Å². The molecule has 0 N–H and O–H groups in total. The van der Waals surface area contributed by atoms with Crippen molar-refractivity contribution in [1.29, 1.82) is 0 Å². The van der Waals surface area contributed by atoms with Gasteiger partial charge in [-0.2, -0.15) is 0 Å². The highest BCUT2D eigenvalue weighted by Gasteiger charge is 2.19. The van der Waals surface area contributed by atoms with Crippen LogP contribution in [0.25, 0.3) is 0 Å². The van der Waals surface area contributed by atoms with Gasteiger partial charge in [-0.1, -0.05) is 42.5 Å². The lowest BCUT2D eigenvalue weighted by Gasteiger charge is -2.27. The molecule has 0 bridgehead atoms. The quantitative estimate of drug-likeness (QED) is 0.844. The van der Waals surface area contributed by atoms with Crippen LogP contribution in [0.1, 0.15) is 30.5 Å². The number of amides is 1. The normalized spacial score (nSPS) is 12.8. The lowest BCUT2D eigenvalue weighted by atomic mass is 10.0. The molecule has 3 rings (SSSR count). The molecule has 1 heterocycles. The topological polar surface area (TPSA) is 29.5 Å². The number of carbonyl (C=O) groups is 1. The number of nitrogens with zero attached hydrogens (tertiary/aromatic N) is 1. The second-order valence-electron chi connectivity index (χ2n) is 6.32. The van der Waals surface area contributed by atoms with Crippen LogP contribution < -0.4 is 4.74 Å². The third-order valence-corrected chi connectivity index (χ3v) is 4.25. The predicted molar refractivity (Wildman–Crippen MR) is 91.5 cm³/mol. The summed E-state index contributed by atoms with van der Waals surface area (Å²) in [7, 11) is 0. The van der Waals surface area contributed by atoms with E-state index in [0.717, 1.165) is 29.9 Å². The summed E-state index contributed by atoms with van der Waals surface area (Å²) in [5.74, 6) is 1.13. The maximum absolute atomic E-state index is 12.8. The summed E-state index contributed by atoms with van der Waals surface area (Å²) < 4.78 is 5.53. The van der Waals surface area contributed by atoms with Crippen LogP contribution in [-0.2, 0) is 24.2 Å². The van der Waals surface area contributed by atoms with Crippen molar-refractivity contribution >= 4 is 5.91 Å². The third-order valence-electron chi connectivity index (χ3n) is 4.25. The molecule has 1 amide bonds. The molecule has 3 nitrogen and oxygen atoms in total. The Morgan fingerprint density at radius 3 is 2.65 bits per heavy atom. The van der Waals surface area contributed by atoms with E-state index in [1.54, 1.807) is 0 Å². The van der Waals surface area contributed by atoms with Gasteiger partial charge in [0.05, 0.1) is 13.0 Å². The van der Waals surface area contributed by atoms with Gasteiger partial charge in [-0.15, -0.1) is 0 Å². The molecular weight excluding hydrogens is 286 g/mol. The average Bonchev–Trinajstić information content (AvgIpc) is 3.01. The molecule has 23 heavy (non-hydrogen) atoms. The van der Waals surface area contributed by atoms with E-state index in [-0.39, 0.29) is 11.9 Å². The van der Waals surface area contributed by atoms with Gasteiger partial charge in [0.15, 0.2) is 0 Å². The SMILES string of the molecule is CC(C)N(Cc1ccccc1)C(=O)Cc1ccc2c(c1)CCO2. The highest BCUT2D eigenvalue weighted by atomic mass is 16.5. The molecule has 0 aromatic heterocycles. The molecule has 0 aliphatic carbocycles. The monoisotopic (exact) mass is 309 g/mol. The van der Waals surface area contributed by atoms with E-state index in [4.69, 9.17) is 4.74 Å². The van der Waals surface area contributed by atoms with Crippen LogP contribution in [0.5, 0.6) is 5.75 Å². The second-order valence-corrected chi connectivity index (χ2v) is 6.32. The number of carbonyl (C=O) groups excluding carboxylic acids is 1. The van der Waals surface area contributed by atoms with Gasteiger partial charge in [0, 0.05) is 19.0 Å². The lowest BCUT2D eigenvalue weighted by Crippen LogP contribution is -2.37. The Kier molecular flexibility index (Phi) is 4.65. The lowest BCUT2D eigenvalue weighted by molar-refractivity contribution is -0.132. The molecular formula is C20H23NO2. The minimum atomic E-state index is 0.169. The van der Waals surface area contributed by atoms with E-state index in [9.17, 15) is 4.79 Å². The molecule has 0 unspecified atom stereocenters. The summed E-state index contributed by atoms with van der Waals surface area (Å²) in [4.78, 5) is 14.7. The smallest absolute Gasteiger partial charge is 0.227 e. The number of hydrogen-bond donors (Lipinski definition) is 0. The van der Waals surface area contributed by atoms with Crippen LogP contribution in [-0.4, -0.2) is 23.5 Å². The molecule has 0 saturated heterocycles. The number of rotatable bonds is 5. The Labute approximate surface area is 137 Å². The fourth-order valence-electron chi connectivity index (χ4n) is 2.96. The molecule has 2 aromatic carbocycles. The van der Waals surface area contributed by atoms with Gasteiger partial charge < -0.3 is 9.64 Å². The van der Waals surface area contributed by atoms with Gasteiger partial charge in [-0.25, -0.2) is 0 Å². The van der Waals surface area contributed by atoms with Crippen LogP contribution in [0, 0.1) is 0 Å². The molecule has 0 atom stereocenters. The summed E-state index contributed by atoms with van der Waals surface area (Å²) in [6, 6.07) is 16.4. The highest BCUT2D eigenvalue weighted by molar-refractivity contribution is 5.79. The molecule has 2 aromatic rings. The van der Waals surface area contributed by atoms with Gasteiger partial charge >= 0.3 is 0 Å². The van der Waals surface area contributed by atoms with Crippen molar-refractivity contribution in [3.05, 3.63) is 65.2 Å². The van der Waals surface area contributed by atoms with Crippen LogP contribution in [0.15, 0.2) is 48.5 Å². The van der Waals surface area contributed by atoms with Crippen molar-refractivity contribution in [2.45, 2.75) is 39.3 Å². The summed E-state index contributed by atoms with van der Waals surface area (Å²) in [5.41, 5.74) is 3.45. The Hall–Kier alpha value is -2.29. The standard InChI is InChI=1S/C20H23NO2/c1-15(2)21(14-16-6-4-3-5-7-16)20(22)13-17-8-9-19-18(12-17)10-11-23-19/h3-9,12,15H,10-11,13-14H2,1-2H3. The first-order chi connectivity index (χ1) is 11.1. The van der Waals surface area contributed by atoms with Gasteiger partial charge in [-0.3, -0.25) is 4.79 Å². The summed E-state index contributed by atoms with van der Waals surface area (Å²) in [6.45, 7) is 5.54. The number of ether oxygens (including phenoxy) is 1. The zero-order chi connectivity index (χ0) is 16.2. The molecule has 120 valence electrons. The molecule has 1 aliphatic heterocycles. The minimum absolute atomic E-state index is 0.169. The van der Waals surface area contributed by atoms with Crippen LogP contribution in [0.2, 0.25) is 0 Å². The minimum Gasteiger partial charge on any atom is -0.493 e. The van der Waals surface area contributed by atoms with Crippen LogP contribution in [0.4, 0.5) is 0 Å². The Balaban J connectivity index is 1.71. The Morgan fingerprint density at radius 1 is 1.13 bits per heavy atom. The first kappa shape index (κ1) is 15.6. The van der Waals surface area contributed by atoms with Gasteiger partial charge in [0.2, 0.25) is 5.91 Å². The van der Waals surface area contributed by atoms with Gasteiger partial charge in [0.1, 0.15) is 5.75 Å². The fourth-order valence-corrected chi connectivity index (χ4v) is 2.96. The van der Waals surface area contributed by atoms with Crippen molar-refractivity contribution in [2.75, 3.05) is 6.61 Å². The summed E-state index contributed by atoms with van der Waals surface area (Å²) in [5, 5.41) is 0. The Bertz CT molecular complexity index is 679. The first-order valence-corrected chi connectivity index (χ1v) is 8.21. The fraction of sp³-hybridized carbons (Fsp3) is 0.350. The molecule has 0 spiro atoms. The summed E-state index contributed by atoms with van der Waals surface area (Å²) >= 11 is 0. The average molecular weight is 309 g/mol. The first-order valence-electron chi connectivity index (χ1n) is 8.21. The molecule has 0 radical (unpaired) electrons. The van der Waals surface area contributed by atoms with E-state index < -0.39 is 0 Å². The molecule has 3 heteroatoms. The zero-order valence-corrected chi connectivity index (χ0v) is 13.8. The number of fused-ring (bicyclic) bond motifs is 1. The van der Waals surface area contributed by atoms with Gasteiger partial charge in [0.25, 0.3) is 0 Å². The van der Waals surface area contributed by atoms with Crippen LogP contribution in [0.3, 0.4) is 0 Å². The second kappa shape index (κ2) is 6.86. The zero-order valence-electron chi connectivity index (χ0n) is 13.8. The highest BCUT2D eigenvalue weighted by Crippen LogP contribution is 2.26. The van der Waals surface area contributed by atoms with E-state index in [1.807, 2.05) is 35.2 Å². The van der Waals surface area contributed by atoms with E-state index in [2.05, 4.69) is 32.0 Å². The third kappa shape index (κ3) is 3.73. The van der Waals surface area contributed by atoms with Gasteiger partial charge in [-0.05, 0) is 36.6 Å². The van der Waals surface area contributed by atoms with Crippen molar-refractivity contribution < 1.29 is 9.53 Å². The molecule has 0 fully saturated rings. The van der Waals surface area contributed by atoms with Crippen molar-refractivity contribution in [2.24, 2.45) is 0 Å². The Morgan fingerprint density at radius 2 is 1.91 bits per heavy atom. The van der Waals surface area contributed by atoms with Crippen molar-refractivity contribution in [1.82, 2.24) is 4.90 Å². The summed E-state index contributed by atoms with van der Waals surface area (Å²) in [6.07, 6.45) is 1.38. The largest absolute Gasteiger partial charge is 0.493 e. The predicted octanol–water partition coefficient (Wildman–Crippen LogP) is 3.60. The maximum Gasteiger partial charge on any atom is 0.227 e. The molecule has 1 aliphatic rings. The van der Waals surface area contributed by atoms with E-state index in [0.29, 0.717) is 13.0 Å². The number of hydrogen-bond acceptors (Lipinski definition) is 2. The number of benzene rings is 2. The van der Waals surface area contributed by atoms with Crippen molar-refractivity contribution in [3.63, 3.8) is 0 Å². The molecule has 0 saturated carbocycles. The van der Waals surface area contributed by atoms with E-state index >= 15 is 0 Å². The maximum atomic E-state index is 12.8. The van der Waals surface area contributed by atoms with Crippen molar-refractivity contribution in [3.8, 4) is 5.75 Å².